The highest BCUT2D eigenvalue weighted by Crippen LogP contribution is 2.32. The van der Waals surface area contributed by atoms with Gasteiger partial charge in [-0.25, -0.2) is 0 Å². The van der Waals surface area contributed by atoms with Crippen molar-refractivity contribution < 1.29 is 14.2 Å². The van der Waals surface area contributed by atoms with Gasteiger partial charge in [0, 0.05) is 22.9 Å². The van der Waals surface area contributed by atoms with Gasteiger partial charge in [-0.1, -0.05) is 31.1 Å². The van der Waals surface area contributed by atoms with Gasteiger partial charge in [-0.15, -0.1) is 11.8 Å². The van der Waals surface area contributed by atoms with Gasteiger partial charge in [0.15, 0.2) is 5.82 Å². The maximum atomic E-state index is 12.8. The molecule has 0 saturated heterocycles. The largest absolute Gasteiger partial charge is 0.334 e. The summed E-state index contributed by atoms with van der Waals surface area (Å²) in [6, 6.07) is 11.7. The van der Waals surface area contributed by atoms with Gasteiger partial charge in [0.2, 0.25) is 5.91 Å². The summed E-state index contributed by atoms with van der Waals surface area (Å²) < 4.78 is 5.40. The summed E-state index contributed by atoms with van der Waals surface area (Å²) in [5.74, 6) is 0.889. The number of aromatic nitrogens is 2. The highest BCUT2D eigenvalue weighted by Gasteiger charge is 2.21. The zero-order valence-electron chi connectivity index (χ0n) is 17.1. The normalized spacial score (nSPS) is 12.0. The molecule has 1 atom stereocenters. The summed E-state index contributed by atoms with van der Waals surface area (Å²) in [7, 11) is 0. The topological polar surface area (TPSA) is 111 Å². The number of hydrogen-bond donors (Lipinski definition) is 1. The van der Waals surface area contributed by atoms with Crippen LogP contribution in [0.25, 0.3) is 11.5 Å². The fraction of sp³-hybridized carbons (Fsp3) is 0.286. The van der Waals surface area contributed by atoms with Crippen molar-refractivity contribution in [1.29, 1.82) is 0 Å². The number of carbonyl (C=O) groups is 1. The van der Waals surface area contributed by atoms with Crippen molar-refractivity contribution in [2.24, 2.45) is 0 Å². The number of aryl methyl sites for hydroxylation is 1. The molecule has 0 aliphatic carbocycles. The molecule has 3 rings (SSSR count). The van der Waals surface area contributed by atoms with Crippen LogP contribution in [0.4, 0.5) is 11.4 Å². The molecule has 0 bridgehead atoms. The Balaban J connectivity index is 1.78. The minimum Gasteiger partial charge on any atom is -0.334 e. The first-order valence-electron chi connectivity index (χ1n) is 9.42. The summed E-state index contributed by atoms with van der Waals surface area (Å²) in [5, 5.41) is 17.3. The van der Waals surface area contributed by atoms with Gasteiger partial charge < -0.3 is 9.84 Å². The number of benzene rings is 2. The quantitative estimate of drug-likeness (QED) is 0.314. The molecule has 8 nitrogen and oxygen atoms in total. The molecule has 0 aliphatic rings. The Hall–Kier alpha value is -3.20. The summed E-state index contributed by atoms with van der Waals surface area (Å²) in [6.45, 7) is 7.63. The van der Waals surface area contributed by atoms with E-state index in [1.54, 1.807) is 19.1 Å². The van der Waals surface area contributed by atoms with Gasteiger partial charge >= 0.3 is 0 Å². The zero-order valence-corrected chi connectivity index (χ0v) is 17.9. The molecule has 1 unspecified atom stereocenters. The SMILES string of the molecule is Cc1cccc(-c2nc(C(C)C)no2)c1NC(=O)C(C)Sc1ccc([N+](=O)[O-])cc1. The fourth-order valence-electron chi connectivity index (χ4n) is 2.72. The first-order valence-corrected chi connectivity index (χ1v) is 10.3. The Bertz CT molecular complexity index is 1060. The van der Waals surface area contributed by atoms with Gasteiger partial charge in [0.25, 0.3) is 11.6 Å². The van der Waals surface area contributed by atoms with E-state index in [1.807, 2.05) is 39.0 Å². The molecule has 1 aromatic heterocycles. The zero-order chi connectivity index (χ0) is 21.8. The van der Waals surface area contributed by atoms with E-state index in [1.165, 1.54) is 23.9 Å². The van der Waals surface area contributed by atoms with Crippen LogP contribution in [0.3, 0.4) is 0 Å². The third-order valence-electron chi connectivity index (χ3n) is 4.44. The van der Waals surface area contributed by atoms with E-state index in [9.17, 15) is 14.9 Å². The maximum absolute atomic E-state index is 12.8. The van der Waals surface area contributed by atoms with E-state index < -0.39 is 10.2 Å². The van der Waals surface area contributed by atoms with Crippen LogP contribution in [0.1, 0.15) is 38.1 Å². The van der Waals surface area contributed by atoms with Crippen LogP contribution in [0.2, 0.25) is 0 Å². The van der Waals surface area contributed by atoms with E-state index in [0.717, 1.165) is 10.5 Å². The lowest BCUT2D eigenvalue weighted by atomic mass is 10.1. The lowest BCUT2D eigenvalue weighted by Gasteiger charge is -2.15. The van der Waals surface area contributed by atoms with Crippen molar-refractivity contribution >= 4 is 29.0 Å². The highest BCUT2D eigenvalue weighted by molar-refractivity contribution is 8.00. The summed E-state index contributed by atoms with van der Waals surface area (Å²) in [5.41, 5.74) is 2.17. The number of nitro benzene ring substituents is 1. The number of amides is 1. The number of rotatable bonds is 7. The number of carbonyl (C=O) groups excluding carboxylic acids is 1. The van der Waals surface area contributed by atoms with Crippen molar-refractivity contribution in [2.75, 3.05) is 5.32 Å². The summed E-state index contributed by atoms with van der Waals surface area (Å²) in [4.78, 5) is 28.4. The Morgan fingerprint density at radius 2 is 1.87 bits per heavy atom. The van der Waals surface area contributed by atoms with Crippen molar-refractivity contribution in [2.45, 2.75) is 43.8 Å². The minimum atomic E-state index is -0.452. The Labute approximate surface area is 178 Å². The Morgan fingerprint density at radius 1 is 1.17 bits per heavy atom. The number of para-hydroxylation sites is 1. The minimum absolute atomic E-state index is 0.0151. The van der Waals surface area contributed by atoms with E-state index in [2.05, 4.69) is 15.5 Å². The lowest BCUT2D eigenvalue weighted by molar-refractivity contribution is -0.384. The van der Waals surface area contributed by atoms with Crippen molar-refractivity contribution in [1.82, 2.24) is 10.1 Å². The third-order valence-corrected chi connectivity index (χ3v) is 5.55. The second kappa shape index (κ2) is 9.08. The molecule has 1 amide bonds. The molecule has 0 spiro atoms. The number of anilines is 1. The molecular formula is C21H22N4O4S. The standard InChI is InChI=1S/C21H22N4O4S/c1-12(2)19-23-21(29-24-19)17-7-5-6-13(3)18(17)22-20(26)14(4)30-16-10-8-15(9-11-16)25(27)28/h5-12,14H,1-4H3,(H,22,26). The van der Waals surface area contributed by atoms with Crippen LogP contribution < -0.4 is 5.32 Å². The second-order valence-corrected chi connectivity index (χ2v) is 8.52. The molecule has 3 aromatic rings. The van der Waals surface area contributed by atoms with Crippen LogP contribution >= 0.6 is 11.8 Å². The maximum Gasteiger partial charge on any atom is 0.269 e. The van der Waals surface area contributed by atoms with Crippen LogP contribution in [-0.2, 0) is 4.79 Å². The molecule has 1 heterocycles. The number of non-ortho nitro benzene ring substituents is 1. The fourth-order valence-corrected chi connectivity index (χ4v) is 3.59. The number of thioether (sulfide) groups is 1. The molecule has 2 aromatic carbocycles. The van der Waals surface area contributed by atoms with Crippen molar-refractivity contribution in [3.63, 3.8) is 0 Å². The van der Waals surface area contributed by atoms with Gasteiger partial charge in [0.1, 0.15) is 0 Å². The van der Waals surface area contributed by atoms with E-state index in [0.29, 0.717) is 23.0 Å². The first kappa shape index (κ1) is 21.5. The Kier molecular flexibility index (Phi) is 6.51. The van der Waals surface area contributed by atoms with Crippen molar-refractivity contribution in [3.8, 4) is 11.5 Å². The van der Waals surface area contributed by atoms with Crippen LogP contribution in [0.5, 0.6) is 0 Å². The summed E-state index contributed by atoms with van der Waals surface area (Å²) >= 11 is 1.32. The van der Waals surface area contributed by atoms with Crippen molar-refractivity contribution in [3.05, 3.63) is 64.0 Å². The predicted molar refractivity (Wildman–Crippen MR) is 116 cm³/mol. The summed E-state index contributed by atoms with van der Waals surface area (Å²) in [6.07, 6.45) is 0. The van der Waals surface area contributed by atoms with E-state index >= 15 is 0 Å². The Morgan fingerprint density at radius 3 is 2.47 bits per heavy atom. The van der Waals surface area contributed by atoms with Gasteiger partial charge in [0.05, 0.1) is 21.4 Å². The second-order valence-electron chi connectivity index (χ2n) is 7.11. The lowest BCUT2D eigenvalue weighted by Crippen LogP contribution is -2.23. The third kappa shape index (κ3) is 4.85. The van der Waals surface area contributed by atoms with Gasteiger partial charge in [-0.2, -0.15) is 4.98 Å². The molecule has 0 fully saturated rings. The molecule has 0 aliphatic heterocycles. The molecule has 0 saturated carbocycles. The van der Waals surface area contributed by atoms with Gasteiger partial charge in [-0.05, 0) is 37.6 Å². The van der Waals surface area contributed by atoms with E-state index in [4.69, 9.17) is 4.52 Å². The average Bonchev–Trinajstić information content (AvgIpc) is 3.20. The number of nitrogens with zero attached hydrogens (tertiary/aromatic N) is 3. The highest BCUT2D eigenvalue weighted by atomic mass is 32.2. The van der Waals surface area contributed by atoms with E-state index in [-0.39, 0.29) is 17.5 Å². The molecular weight excluding hydrogens is 404 g/mol. The number of nitro groups is 1. The number of hydrogen-bond acceptors (Lipinski definition) is 7. The van der Waals surface area contributed by atoms with Gasteiger partial charge in [-0.3, -0.25) is 14.9 Å². The average molecular weight is 426 g/mol. The van der Waals surface area contributed by atoms with Crippen LogP contribution in [-0.4, -0.2) is 26.2 Å². The molecule has 9 heteroatoms. The van der Waals surface area contributed by atoms with Crippen LogP contribution in [0, 0.1) is 17.0 Å². The predicted octanol–water partition coefficient (Wildman–Crippen LogP) is 5.20. The molecule has 0 radical (unpaired) electrons. The molecule has 30 heavy (non-hydrogen) atoms. The molecule has 1 N–H and O–H groups in total. The first-order chi connectivity index (χ1) is 14.3. The monoisotopic (exact) mass is 426 g/mol. The van der Waals surface area contributed by atoms with Crippen LogP contribution in [0.15, 0.2) is 51.9 Å². The number of nitrogens with one attached hydrogen (secondary N) is 1. The molecule has 156 valence electrons. The smallest absolute Gasteiger partial charge is 0.269 e.